The Hall–Kier alpha value is -1.36. The highest BCUT2D eigenvalue weighted by Gasteiger charge is 2.28. The van der Waals surface area contributed by atoms with Crippen molar-refractivity contribution < 1.29 is 4.79 Å². The zero-order chi connectivity index (χ0) is 11.5. The molecule has 2 unspecified atom stereocenters. The van der Waals surface area contributed by atoms with Crippen LogP contribution in [0.5, 0.6) is 0 Å². The molecule has 5 heteroatoms. The van der Waals surface area contributed by atoms with Crippen LogP contribution in [0.3, 0.4) is 0 Å². The van der Waals surface area contributed by atoms with Crippen LogP contribution in [0.25, 0.3) is 0 Å². The van der Waals surface area contributed by atoms with Crippen molar-refractivity contribution >= 4 is 5.91 Å². The molecule has 88 valence electrons. The molecule has 0 radical (unpaired) electrons. The van der Waals surface area contributed by atoms with Crippen LogP contribution in [0, 0.1) is 5.92 Å². The van der Waals surface area contributed by atoms with Gasteiger partial charge in [0.1, 0.15) is 6.04 Å². The largest absolute Gasteiger partial charge is 0.341 e. The van der Waals surface area contributed by atoms with E-state index in [0.29, 0.717) is 12.5 Å². The summed E-state index contributed by atoms with van der Waals surface area (Å²) in [7, 11) is 0. The van der Waals surface area contributed by atoms with Crippen molar-refractivity contribution in [3.8, 4) is 0 Å². The van der Waals surface area contributed by atoms with Crippen molar-refractivity contribution in [2.24, 2.45) is 11.7 Å². The maximum atomic E-state index is 12.1. The predicted molar refractivity (Wildman–Crippen MR) is 60.7 cm³/mol. The van der Waals surface area contributed by atoms with Crippen LogP contribution in [0.2, 0.25) is 0 Å². The fraction of sp³-hybridized carbons (Fsp3) is 0.636. The standard InChI is InChI=1S/C11H18N4O/c1-9(15-5-2-4-13-15)11(16)14-6-3-10(7-12)8-14/h2,4-5,9-10H,3,6-8,12H2,1H3. The molecule has 1 aromatic heterocycles. The molecule has 0 saturated carbocycles. The van der Waals surface area contributed by atoms with Crippen molar-refractivity contribution in [2.45, 2.75) is 19.4 Å². The lowest BCUT2D eigenvalue weighted by Gasteiger charge is -2.21. The van der Waals surface area contributed by atoms with Crippen LogP contribution in [0.4, 0.5) is 0 Å². The topological polar surface area (TPSA) is 64.2 Å². The molecular weight excluding hydrogens is 204 g/mol. The summed E-state index contributed by atoms with van der Waals surface area (Å²) in [6.07, 6.45) is 4.53. The molecule has 1 aliphatic heterocycles. The van der Waals surface area contributed by atoms with Gasteiger partial charge in [-0.25, -0.2) is 0 Å². The summed E-state index contributed by atoms with van der Waals surface area (Å²) in [5.41, 5.74) is 5.61. The van der Waals surface area contributed by atoms with E-state index in [1.54, 1.807) is 10.9 Å². The summed E-state index contributed by atoms with van der Waals surface area (Å²) in [4.78, 5) is 14.0. The number of hydrogen-bond donors (Lipinski definition) is 1. The third-order valence-corrected chi connectivity index (χ3v) is 3.21. The average molecular weight is 222 g/mol. The monoisotopic (exact) mass is 222 g/mol. The SMILES string of the molecule is CC(C(=O)N1CCC(CN)C1)n1cccn1. The van der Waals surface area contributed by atoms with Gasteiger partial charge in [-0.2, -0.15) is 5.10 Å². The molecule has 1 saturated heterocycles. The van der Waals surface area contributed by atoms with E-state index >= 15 is 0 Å². The second-order valence-corrected chi connectivity index (χ2v) is 4.34. The lowest BCUT2D eigenvalue weighted by atomic mass is 10.1. The fourth-order valence-electron chi connectivity index (χ4n) is 2.11. The van der Waals surface area contributed by atoms with Crippen LogP contribution in [-0.4, -0.2) is 40.2 Å². The molecule has 5 nitrogen and oxygen atoms in total. The summed E-state index contributed by atoms with van der Waals surface area (Å²) >= 11 is 0. The normalized spacial score (nSPS) is 22.4. The zero-order valence-corrected chi connectivity index (χ0v) is 9.54. The summed E-state index contributed by atoms with van der Waals surface area (Å²) in [5, 5.41) is 4.09. The highest BCUT2D eigenvalue weighted by molar-refractivity contribution is 5.80. The highest BCUT2D eigenvalue weighted by Crippen LogP contribution is 2.18. The number of hydrogen-bond acceptors (Lipinski definition) is 3. The van der Waals surface area contributed by atoms with Gasteiger partial charge in [0, 0.05) is 25.5 Å². The molecule has 1 aromatic rings. The van der Waals surface area contributed by atoms with Crippen molar-refractivity contribution in [1.82, 2.24) is 14.7 Å². The van der Waals surface area contributed by atoms with Crippen molar-refractivity contribution in [2.75, 3.05) is 19.6 Å². The Morgan fingerprint density at radius 3 is 3.06 bits per heavy atom. The Bertz CT molecular complexity index is 349. The van der Waals surface area contributed by atoms with Gasteiger partial charge >= 0.3 is 0 Å². The van der Waals surface area contributed by atoms with Gasteiger partial charge in [-0.05, 0) is 31.9 Å². The van der Waals surface area contributed by atoms with Gasteiger partial charge in [0.25, 0.3) is 0 Å². The predicted octanol–water partition coefficient (Wildman–Crippen LogP) is 0.251. The van der Waals surface area contributed by atoms with E-state index in [1.165, 1.54) is 0 Å². The Morgan fingerprint density at radius 1 is 1.69 bits per heavy atom. The Labute approximate surface area is 95.2 Å². The molecule has 0 spiro atoms. The van der Waals surface area contributed by atoms with Gasteiger partial charge < -0.3 is 10.6 Å². The summed E-state index contributed by atoms with van der Waals surface area (Å²) < 4.78 is 1.69. The molecule has 2 heterocycles. The van der Waals surface area contributed by atoms with E-state index in [2.05, 4.69) is 5.10 Å². The van der Waals surface area contributed by atoms with Crippen LogP contribution in [-0.2, 0) is 4.79 Å². The van der Waals surface area contributed by atoms with E-state index in [9.17, 15) is 4.79 Å². The van der Waals surface area contributed by atoms with Gasteiger partial charge in [-0.3, -0.25) is 9.48 Å². The third kappa shape index (κ3) is 2.09. The maximum absolute atomic E-state index is 12.1. The Morgan fingerprint density at radius 2 is 2.50 bits per heavy atom. The van der Waals surface area contributed by atoms with Crippen LogP contribution < -0.4 is 5.73 Å². The molecule has 2 rings (SSSR count). The number of carbonyl (C=O) groups is 1. The molecule has 0 bridgehead atoms. The molecule has 1 fully saturated rings. The van der Waals surface area contributed by atoms with Gasteiger partial charge in [0.05, 0.1) is 0 Å². The van der Waals surface area contributed by atoms with Gasteiger partial charge in [-0.1, -0.05) is 0 Å². The number of nitrogens with zero attached hydrogens (tertiary/aromatic N) is 3. The average Bonchev–Trinajstić information content (AvgIpc) is 2.97. The van der Waals surface area contributed by atoms with Gasteiger partial charge in [0.15, 0.2) is 0 Å². The van der Waals surface area contributed by atoms with E-state index in [1.807, 2.05) is 24.1 Å². The van der Waals surface area contributed by atoms with Gasteiger partial charge in [0.2, 0.25) is 5.91 Å². The lowest BCUT2D eigenvalue weighted by Crippen LogP contribution is -2.35. The molecule has 1 aliphatic rings. The Kier molecular flexibility index (Phi) is 3.24. The quantitative estimate of drug-likeness (QED) is 0.797. The Balaban J connectivity index is 1.98. The number of carbonyl (C=O) groups excluding carboxylic acids is 1. The smallest absolute Gasteiger partial charge is 0.247 e. The first-order valence-corrected chi connectivity index (χ1v) is 5.70. The lowest BCUT2D eigenvalue weighted by molar-refractivity contribution is -0.133. The van der Waals surface area contributed by atoms with E-state index in [4.69, 9.17) is 5.73 Å². The highest BCUT2D eigenvalue weighted by atomic mass is 16.2. The number of likely N-dealkylation sites (tertiary alicyclic amines) is 1. The van der Waals surface area contributed by atoms with Crippen LogP contribution in [0.1, 0.15) is 19.4 Å². The second kappa shape index (κ2) is 4.65. The van der Waals surface area contributed by atoms with E-state index < -0.39 is 0 Å². The molecule has 2 N–H and O–H groups in total. The summed E-state index contributed by atoms with van der Waals surface area (Å²) in [6.45, 7) is 4.16. The second-order valence-electron chi connectivity index (χ2n) is 4.34. The summed E-state index contributed by atoms with van der Waals surface area (Å²) in [6, 6.07) is 1.61. The third-order valence-electron chi connectivity index (χ3n) is 3.21. The van der Waals surface area contributed by atoms with Gasteiger partial charge in [-0.15, -0.1) is 0 Å². The number of amides is 1. The fourth-order valence-corrected chi connectivity index (χ4v) is 2.11. The van der Waals surface area contributed by atoms with Crippen LogP contribution >= 0.6 is 0 Å². The maximum Gasteiger partial charge on any atom is 0.247 e. The molecule has 0 aliphatic carbocycles. The van der Waals surface area contributed by atoms with E-state index in [-0.39, 0.29) is 11.9 Å². The van der Waals surface area contributed by atoms with Crippen molar-refractivity contribution in [3.05, 3.63) is 18.5 Å². The minimum Gasteiger partial charge on any atom is -0.341 e. The first-order valence-electron chi connectivity index (χ1n) is 5.70. The molecule has 0 aromatic carbocycles. The van der Waals surface area contributed by atoms with Crippen LogP contribution in [0.15, 0.2) is 18.5 Å². The minimum atomic E-state index is -0.216. The summed E-state index contributed by atoms with van der Waals surface area (Å²) in [5.74, 6) is 0.605. The number of rotatable bonds is 3. The molecule has 16 heavy (non-hydrogen) atoms. The zero-order valence-electron chi connectivity index (χ0n) is 9.54. The van der Waals surface area contributed by atoms with Crippen molar-refractivity contribution in [3.63, 3.8) is 0 Å². The number of nitrogens with two attached hydrogens (primary N) is 1. The molecule has 2 atom stereocenters. The number of aromatic nitrogens is 2. The minimum absolute atomic E-state index is 0.139. The first-order chi connectivity index (χ1) is 7.72. The first kappa shape index (κ1) is 11.1. The molecule has 1 amide bonds. The van der Waals surface area contributed by atoms with E-state index in [0.717, 1.165) is 19.5 Å². The molecular formula is C11H18N4O. The van der Waals surface area contributed by atoms with Crippen molar-refractivity contribution in [1.29, 1.82) is 0 Å².